The largest absolute Gasteiger partial charge is 0.385 e. The van der Waals surface area contributed by atoms with Crippen LogP contribution in [0.1, 0.15) is 21.6 Å². The van der Waals surface area contributed by atoms with Gasteiger partial charge in [0.2, 0.25) is 0 Å². The Morgan fingerprint density at radius 1 is 0.833 bits per heavy atom. The molecule has 8 nitrogen and oxygen atoms in total. The van der Waals surface area contributed by atoms with Crippen LogP contribution in [0.25, 0.3) is 0 Å². The highest BCUT2D eigenvalue weighted by atomic mass is 32.2. The number of benzene rings is 1. The van der Waals surface area contributed by atoms with Crippen molar-refractivity contribution in [1.29, 1.82) is 0 Å². The second-order valence-corrected chi connectivity index (χ2v) is 8.21. The van der Waals surface area contributed by atoms with Crippen molar-refractivity contribution in [3.8, 4) is 0 Å². The molecule has 2 N–H and O–H groups in total. The van der Waals surface area contributed by atoms with Crippen molar-refractivity contribution in [2.45, 2.75) is 34.8 Å². The number of thioether (sulfide) groups is 2. The molecular weight excluding hydrogens is 356 g/mol. The molecule has 3 rings (SSSR count). The Labute approximate surface area is 145 Å². The Morgan fingerprint density at radius 3 is 1.46 bits per heavy atom. The lowest BCUT2D eigenvalue weighted by molar-refractivity contribution is -0.531. The van der Waals surface area contributed by atoms with Crippen molar-refractivity contribution in [2.24, 2.45) is 0 Å². The van der Waals surface area contributed by atoms with Gasteiger partial charge in [0.05, 0.1) is 10.5 Å². The van der Waals surface area contributed by atoms with Crippen molar-refractivity contribution >= 4 is 23.5 Å². The number of hydrogen-bond donors (Lipinski definition) is 2. The number of nitro groups is 2. The van der Waals surface area contributed by atoms with Crippen LogP contribution in [0, 0.1) is 20.2 Å². The summed E-state index contributed by atoms with van der Waals surface area (Å²) in [6.07, 6.45) is -1.96. The van der Waals surface area contributed by atoms with Crippen LogP contribution in [-0.2, 0) is 0 Å². The first-order valence-corrected chi connectivity index (χ1v) is 9.46. The van der Waals surface area contributed by atoms with Gasteiger partial charge in [-0.15, -0.1) is 23.5 Å². The predicted molar refractivity (Wildman–Crippen MR) is 90.4 cm³/mol. The second-order valence-electron chi connectivity index (χ2n) is 5.86. The quantitative estimate of drug-likeness (QED) is 0.598. The molecule has 2 aliphatic heterocycles. The molecule has 24 heavy (non-hydrogen) atoms. The summed E-state index contributed by atoms with van der Waals surface area (Å²) in [6, 6.07) is 4.81. The Balaban J connectivity index is 1.81. The fraction of sp³-hybridized carbons (Fsp3) is 0.571. The molecule has 0 saturated carbocycles. The molecule has 2 heterocycles. The van der Waals surface area contributed by atoms with Gasteiger partial charge < -0.3 is 10.2 Å². The van der Waals surface area contributed by atoms with Crippen molar-refractivity contribution in [2.75, 3.05) is 11.5 Å². The SMILES string of the molecule is O=[N+]([O-])[C@H]1C(O)CS[C@@H]1c1ccc([C@H]2SCC(O)[C@@H]2[N+](=O)[O-])cc1. The number of aliphatic hydroxyl groups excluding tert-OH is 2. The van der Waals surface area contributed by atoms with Gasteiger partial charge in [-0.3, -0.25) is 20.2 Å². The van der Waals surface area contributed by atoms with Crippen LogP contribution in [0.15, 0.2) is 24.3 Å². The van der Waals surface area contributed by atoms with Crippen molar-refractivity contribution in [3.05, 3.63) is 55.6 Å². The maximum atomic E-state index is 11.2. The number of nitrogens with zero attached hydrogens (tertiary/aromatic N) is 2. The third-order valence-electron chi connectivity index (χ3n) is 4.38. The Morgan fingerprint density at radius 2 is 1.17 bits per heavy atom. The van der Waals surface area contributed by atoms with Gasteiger partial charge in [0.15, 0.2) is 0 Å². The zero-order valence-corrected chi connectivity index (χ0v) is 14.1. The van der Waals surface area contributed by atoms with E-state index in [9.17, 15) is 30.4 Å². The van der Waals surface area contributed by atoms with Gasteiger partial charge in [0.1, 0.15) is 12.2 Å². The van der Waals surface area contributed by atoms with E-state index in [0.29, 0.717) is 11.5 Å². The van der Waals surface area contributed by atoms with Crippen molar-refractivity contribution in [1.82, 2.24) is 0 Å². The fourth-order valence-electron chi connectivity index (χ4n) is 3.17. The molecule has 130 valence electrons. The maximum absolute atomic E-state index is 11.2. The monoisotopic (exact) mass is 372 g/mol. The highest BCUT2D eigenvalue weighted by molar-refractivity contribution is 8.00. The molecule has 2 aliphatic rings. The minimum atomic E-state index is -1.05. The molecule has 1 aromatic carbocycles. The van der Waals surface area contributed by atoms with Crippen molar-refractivity contribution < 1.29 is 20.1 Å². The van der Waals surface area contributed by atoms with E-state index in [1.807, 2.05) is 0 Å². The molecule has 2 fully saturated rings. The minimum absolute atomic E-state index is 0.312. The molecular formula is C14H16N2O6S2. The van der Waals surface area contributed by atoms with Gasteiger partial charge in [0, 0.05) is 21.4 Å². The van der Waals surface area contributed by atoms with Crippen molar-refractivity contribution in [3.63, 3.8) is 0 Å². The van der Waals surface area contributed by atoms with E-state index in [0.717, 1.165) is 11.1 Å². The van der Waals surface area contributed by atoms with E-state index in [-0.39, 0.29) is 0 Å². The zero-order chi connectivity index (χ0) is 17.4. The lowest BCUT2D eigenvalue weighted by Gasteiger charge is -2.17. The minimum Gasteiger partial charge on any atom is -0.385 e. The van der Waals surface area contributed by atoms with E-state index >= 15 is 0 Å². The Kier molecular flexibility index (Phi) is 5.00. The molecule has 1 aromatic rings. The first-order valence-electron chi connectivity index (χ1n) is 7.36. The summed E-state index contributed by atoms with van der Waals surface area (Å²) in [6.45, 7) is 0. The standard InChI is InChI=1S/C14H16N2O6S2/c17-9-5-23-13(11(9)15(19)20)7-1-2-8(4-3-7)14-12(16(21)22)10(18)6-24-14/h1-4,9-14,17-18H,5-6H2/t9?,10?,11-,12-,13+,14+/m0/s1. The van der Waals surface area contributed by atoms with Crippen LogP contribution in [0.3, 0.4) is 0 Å². The van der Waals surface area contributed by atoms with Gasteiger partial charge in [-0.1, -0.05) is 24.3 Å². The summed E-state index contributed by atoms with van der Waals surface area (Å²) in [5, 5.41) is 41.0. The van der Waals surface area contributed by atoms with Gasteiger partial charge in [-0.05, 0) is 11.1 Å². The summed E-state index contributed by atoms with van der Waals surface area (Å²) >= 11 is 2.68. The highest BCUT2D eigenvalue weighted by Gasteiger charge is 2.47. The van der Waals surface area contributed by atoms with Gasteiger partial charge >= 0.3 is 0 Å². The van der Waals surface area contributed by atoms with E-state index < -0.39 is 44.6 Å². The van der Waals surface area contributed by atoms with Crippen LogP contribution >= 0.6 is 23.5 Å². The van der Waals surface area contributed by atoms with Crippen LogP contribution in [0.4, 0.5) is 0 Å². The molecule has 0 spiro atoms. The fourth-order valence-corrected chi connectivity index (χ4v) is 6.03. The third-order valence-corrected chi connectivity index (χ3v) is 7.27. The lowest BCUT2D eigenvalue weighted by Crippen LogP contribution is -2.34. The van der Waals surface area contributed by atoms with E-state index in [1.54, 1.807) is 24.3 Å². The lowest BCUT2D eigenvalue weighted by atomic mass is 9.98. The Hall–Kier alpha value is -1.36. The highest BCUT2D eigenvalue weighted by Crippen LogP contribution is 2.44. The predicted octanol–water partition coefficient (Wildman–Crippen LogP) is 1.27. The molecule has 2 saturated heterocycles. The topological polar surface area (TPSA) is 127 Å². The molecule has 0 radical (unpaired) electrons. The molecule has 10 heteroatoms. The number of aliphatic hydroxyl groups is 2. The van der Waals surface area contributed by atoms with Crippen LogP contribution in [-0.4, -0.2) is 55.9 Å². The van der Waals surface area contributed by atoms with Crippen LogP contribution in [0.2, 0.25) is 0 Å². The molecule has 6 atom stereocenters. The molecule has 0 bridgehead atoms. The summed E-state index contributed by atoms with van der Waals surface area (Å²) in [7, 11) is 0. The van der Waals surface area contributed by atoms with Crippen LogP contribution < -0.4 is 0 Å². The number of hydrogen-bond acceptors (Lipinski definition) is 8. The third kappa shape index (κ3) is 3.10. The molecule has 0 aliphatic carbocycles. The first kappa shape index (κ1) is 17.5. The smallest absolute Gasteiger partial charge is 0.255 e. The second kappa shape index (κ2) is 6.87. The Bertz CT molecular complexity index is 588. The van der Waals surface area contributed by atoms with Gasteiger partial charge in [-0.2, -0.15) is 0 Å². The zero-order valence-electron chi connectivity index (χ0n) is 12.4. The maximum Gasteiger partial charge on any atom is 0.255 e. The van der Waals surface area contributed by atoms with Gasteiger partial charge in [0.25, 0.3) is 12.1 Å². The summed E-state index contributed by atoms with van der Waals surface area (Å²) in [5.74, 6) is 0.623. The van der Waals surface area contributed by atoms with E-state index in [2.05, 4.69) is 0 Å². The summed E-state index contributed by atoms with van der Waals surface area (Å²) in [5.41, 5.74) is 1.45. The summed E-state index contributed by atoms with van der Waals surface area (Å²) < 4.78 is 0. The average Bonchev–Trinajstić information content (AvgIpc) is 3.10. The molecule has 0 aromatic heterocycles. The van der Waals surface area contributed by atoms with E-state index in [4.69, 9.17) is 0 Å². The van der Waals surface area contributed by atoms with E-state index in [1.165, 1.54) is 23.5 Å². The van der Waals surface area contributed by atoms with Crippen LogP contribution in [0.5, 0.6) is 0 Å². The average molecular weight is 372 g/mol. The number of rotatable bonds is 4. The summed E-state index contributed by atoms with van der Waals surface area (Å²) in [4.78, 5) is 21.4. The first-order chi connectivity index (χ1) is 11.4. The van der Waals surface area contributed by atoms with Gasteiger partial charge in [-0.25, -0.2) is 0 Å². The molecule has 0 amide bonds. The normalized spacial score (nSPS) is 35.9. The molecule has 2 unspecified atom stereocenters.